The average molecular weight is 262 g/mol. The monoisotopic (exact) mass is 262 g/mol. The minimum Gasteiger partial charge on any atom is -0.381 e. The van der Waals surface area contributed by atoms with Gasteiger partial charge in [0.1, 0.15) is 0 Å². The van der Waals surface area contributed by atoms with Gasteiger partial charge in [0, 0.05) is 24.0 Å². The van der Waals surface area contributed by atoms with Gasteiger partial charge in [-0.15, -0.1) is 0 Å². The number of rotatable bonds is 6. The van der Waals surface area contributed by atoms with Crippen molar-refractivity contribution in [2.24, 2.45) is 11.8 Å². The molecule has 1 heterocycles. The summed E-state index contributed by atoms with van der Waals surface area (Å²) in [6.45, 7) is 6.21. The van der Waals surface area contributed by atoms with Gasteiger partial charge in [-0.05, 0) is 24.8 Å². The summed E-state index contributed by atoms with van der Waals surface area (Å²) in [6.07, 6.45) is 3.27. The average Bonchev–Trinajstić information content (AvgIpc) is 2.99. The van der Waals surface area contributed by atoms with E-state index in [4.69, 9.17) is 10.6 Å². The number of hydrogen-bond donors (Lipinski definition) is 2. The van der Waals surface area contributed by atoms with Crippen LogP contribution in [0.15, 0.2) is 30.3 Å². The highest BCUT2D eigenvalue weighted by Gasteiger charge is 2.42. The Balaban J connectivity index is 2.36. The quantitative estimate of drug-likeness (QED) is 0.612. The zero-order valence-electron chi connectivity index (χ0n) is 12.1. The van der Waals surface area contributed by atoms with Gasteiger partial charge in [-0.1, -0.05) is 44.2 Å². The summed E-state index contributed by atoms with van der Waals surface area (Å²) >= 11 is 0. The zero-order valence-corrected chi connectivity index (χ0v) is 12.1. The molecule has 2 unspecified atom stereocenters. The van der Waals surface area contributed by atoms with E-state index in [1.165, 1.54) is 5.56 Å². The van der Waals surface area contributed by atoms with E-state index in [1.807, 2.05) is 0 Å². The van der Waals surface area contributed by atoms with Crippen LogP contribution in [-0.2, 0) is 10.2 Å². The molecule has 1 aliphatic rings. The number of nitrogens with one attached hydrogen (secondary N) is 1. The molecule has 3 nitrogen and oxygen atoms in total. The Bertz CT molecular complexity index is 370. The molecule has 2 rings (SSSR count). The lowest BCUT2D eigenvalue weighted by atomic mass is 9.66. The maximum atomic E-state index is 5.92. The van der Waals surface area contributed by atoms with E-state index >= 15 is 0 Å². The standard InChI is InChI=1S/C16H26N2O/c1-3-16(4-2,14-8-6-5-7-9-14)15(18-17)13-10-11-19-12-13/h5-9,13,15,18H,3-4,10-12,17H2,1-2H3. The molecule has 3 N–H and O–H groups in total. The van der Waals surface area contributed by atoms with Crippen molar-refractivity contribution in [1.82, 2.24) is 5.43 Å². The Morgan fingerprint density at radius 3 is 2.47 bits per heavy atom. The lowest BCUT2D eigenvalue weighted by Crippen LogP contribution is -2.55. The number of nitrogens with two attached hydrogens (primary N) is 1. The highest BCUT2D eigenvalue weighted by molar-refractivity contribution is 5.28. The van der Waals surface area contributed by atoms with E-state index in [9.17, 15) is 0 Å². The highest BCUT2D eigenvalue weighted by Crippen LogP contribution is 2.39. The molecule has 2 atom stereocenters. The molecule has 3 heteroatoms. The summed E-state index contributed by atoms with van der Waals surface area (Å²) in [7, 11) is 0. The summed E-state index contributed by atoms with van der Waals surface area (Å²) in [6, 6.07) is 11.0. The van der Waals surface area contributed by atoms with Crippen molar-refractivity contribution in [3.8, 4) is 0 Å². The molecular weight excluding hydrogens is 236 g/mol. The number of hydrogen-bond acceptors (Lipinski definition) is 3. The first-order valence-corrected chi connectivity index (χ1v) is 7.38. The Hall–Kier alpha value is -0.900. The third-order valence-electron chi connectivity index (χ3n) is 4.82. The van der Waals surface area contributed by atoms with E-state index < -0.39 is 0 Å². The summed E-state index contributed by atoms with van der Waals surface area (Å²) in [5.74, 6) is 6.43. The third kappa shape index (κ3) is 2.69. The van der Waals surface area contributed by atoms with Crippen molar-refractivity contribution in [3.05, 3.63) is 35.9 Å². The minimum absolute atomic E-state index is 0.0916. The second kappa shape index (κ2) is 6.51. The Labute approximate surface area is 116 Å². The van der Waals surface area contributed by atoms with Crippen molar-refractivity contribution >= 4 is 0 Å². The molecule has 1 aromatic rings. The molecule has 19 heavy (non-hydrogen) atoms. The van der Waals surface area contributed by atoms with Gasteiger partial charge in [-0.3, -0.25) is 11.3 Å². The molecule has 0 saturated carbocycles. The lowest BCUT2D eigenvalue weighted by molar-refractivity contribution is 0.149. The fourth-order valence-electron chi connectivity index (χ4n) is 3.61. The Morgan fingerprint density at radius 2 is 2.00 bits per heavy atom. The SMILES string of the molecule is CCC(CC)(c1ccccc1)C(NN)C1CCOC1. The van der Waals surface area contributed by atoms with Crippen molar-refractivity contribution < 1.29 is 4.74 Å². The van der Waals surface area contributed by atoms with Gasteiger partial charge in [-0.25, -0.2) is 0 Å². The molecule has 1 saturated heterocycles. The second-order valence-electron chi connectivity index (χ2n) is 5.50. The fraction of sp³-hybridized carbons (Fsp3) is 0.625. The lowest BCUT2D eigenvalue weighted by Gasteiger charge is -2.42. The highest BCUT2D eigenvalue weighted by atomic mass is 16.5. The van der Waals surface area contributed by atoms with Crippen molar-refractivity contribution in [1.29, 1.82) is 0 Å². The molecular formula is C16H26N2O. The topological polar surface area (TPSA) is 47.3 Å². The molecule has 0 aromatic heterocycles. The number of hydrazine groups is 1. The molecule has 1 fully saturated rings. The van der Waals surface area contributed by atoms with Crippen LogP contribution in [0.3, 0.4) is 0 Å². The molecule has 0 amide bonds. The fourth-order valence-corrected chi connectivity index (χ4v) is 3.61. The normalized spacial score (nSPS) is 21.5. The van der Waals surface area contributed by atoms with Crippen molar-refractivity contribution in [3.63, 3.8) is 0 Å². The molecule has 106 valence electrons. The number of benzene rings is 1. The van der Waals surface area contributed by atoms with E-state index in [2.05, 4.69) is 49.6 Å². The van der Waals surface area contributed by atoms with E-state index in [1.54, 1.807) is 0 Å². The molecule has 0 spiro atoms. The van der Waals surface area contributed by atoms with Crippen LogP contribution in [0.25, 0.3) is 0 Å². The van der Waals surface area contributed by atoms with Crippen LogP contribution in [0.4, 0.5) is 0 Å². The van der Waals surface area contributed by atoms with Crippen LogP contribution in [0.2, 0.25) is 0 Å². The zero-order chi connectivity index (χ0) is 13.7. The molecule has 0 aliphatic carbocycles. The van der Waals surface area contributed by atoms with Gasteiger partial charge in [0.05, 0.1) is 6.61 Å². The van der Waals surface area contributed by atoms with Crippen LogP contribution in [0.1, 0.15) is 38.7 Å². The summed E-state index contributed by atoms with van der Waals surface area (Å²) in [4.78, 5) is 0. The molecule has 1 aromatic carbocycles. The number of ether oxygens (including phenoxy) is 1. The predicted octanol–water partition coefficient (Wildman–Crippen LogP) is 2.61. The summed E-state index contributed by atoms with van der Waals surface area (Å²) in [5.41, 5.74) is 4.58. The molecule has 0 bridgehead atoms. The van der Waals surface area contributed by atoms with Crippen LogP contribution in [-0.4, -0.2) is 19.3 Å². The van der Waals surface area contributed by atoms with Crippen molar-refractivity contribution in [2.45, 2.75) is 44.6 Å². The Morgan fingerprint density at radius 1 is 1.32 bits per heavy atom. The van der Waals surface area contributed by atoms with Crippen LogP contribution >= 0.6 is 0 Å². The van der Waals surface area contributed by atoms with Gasteiger partial charge in [-0.2, -0.15) is 0 Å². The van der Waals surface area contributed by atoms with Crippen LogP contribution in [0, 0.1) is 5.92 Å². The van der Waals surface area contributed by atoms with E-state index in [0.29, 0.717) is 5.92 Å². The first-order valence-electron chi connectivity index (χ1n) is 7.38. The minimum atomic E-state index is 0.0916. The maximum absolute atomic E-state index is 5.92. The molecule has 1 aliphatic heterocycles. The summed E-state index contributed by atoms with van der Waals surface area (Å²) in [5, 5.41) is 0. The van der Waals surface area contributed by atoms with Gasteiger partial charge < -0.3 is 4.74 Å². The van der Waals surface area contributed by atoms with Gasteiger partial charge in [0.15, 0.2) is 0 Å². The van der Waals surface area contributed by atoms with Crippen LogP contribution in [0.5, 0.6) is 0 Å². The second-order valence-corrected chi connectivity index (χ2v) is 5.50. The Kier molecular flexibility index (Phi) is 4.97. The summed E-state index contributed by atoms with van der Waals surface area (Å²) < 4.78 is 5.56. The van der Waals surface area contributed by atoms with E-state index in [0.717, 1.165) is 32.5 Å². The first-order chi connectivity index (χ1) is 9.28. The van der Waals surface area contributed by atoms with Gasteiger partial charge in [0.25, 0.3) is 0 Å². The smallest absolute Gasteiger partial charge is 0.0510 e. The maximum Gasteiger partial charge on any atom is 0.0510 e. The third-order valence-corrected chi connectivity index (χ3v) is 4.82. The molecule has 0 radical (unpaired) electrons. The van der Waals surface area contributed by atoms with Crippen molar-refractivity contribution in [2.75, 3.05) is 13.2 Å². The van der Waals surface area contributed by atoms with Gasteiger partial charge in [0.2, 0.25) is 0 Å². The first kappa shape index (κ1) is 14.5. The van der Waals surface area contributed by atoms with Crippen LogP contribution < -0.4 is 11.3 Å². The predicted molar refractivity (Wildman–Crippen MR) is 78.7 cm³/mol. The van der Waals surface area contributed by atoms with Gasteiger partial charge >= 0.3 is 0 Å². The van der Waals surface area contributed by atoms with E-state index in [-0.39, 0.29) is 11.5 Å². The largest absolute Gasteiger partial charge is 0.381 e.